The van der Waals surface area contributed by atoms with E-state index in [0.717, 1.165) is 11.1 Å². The smallest absolute Gasteiger partial charge is 0.315 e. The Hall–Kier alpha value is -3.01. The standard InChI is InChI=1S/C22H19NO3/c1-3-26-22(25)17-13(2)23-20-15-11-7-8-12-16(15)21(24)19(20)18(17)14-9-5-4-6-10-14/h4-12,17-18H,3H2,1-2H3/t17?,18-/m0/s1. The highest BCUT2D eigenvalue weighted by atomic mass is 16.5. The second-order valence-corrected chi connectivity index (χ2v) is 6.51. The predicted octanol–water partition coefficient (Wildman–Crippen LogP) is 4.03. The number of carbonyl (C=O) groups excluding carboxylic acids is 2. The molecular weight excluding hydrogens is 326 g/mol. The van der Waals surface area contributed by atoms with Gasteiger partial charge < -0.3 is 4.74 Å². The van der Waals surface area contributed by atoms with E-state index >= 15 is 0 Å². The summed E-state index contributed by atoms with van der Waals surface area (Å²) >= 11 is 0. The first-order valence-electron chi connectivity index (χ1n) is 8.78. The lowest BCUT2D eigenvalue weighted by molar-refractivity contribution is -0.145. The maximum absolute atomic E-state index is 13.2. The van der Waals surface area contributed by atoms with Gasteiger partial charge >= 0.3 is 5.97 Å². The van der Waals surface area contributed by atoms with Crippen molar-refractivity contribution in [2.45, 2.75) is 19.8 Å². The fourth-order valence-corrected chi connectivity index (χ4v) is 3.91. The lowest BCUT2D eigenvalue weighted by Gasteiger charge is -2.30. The van der Waals surface area contributed by atoms with Crippen LogP contribution in [0.1, 0.15) is 41.3 Å². The molecule has 2 aromatic carbocycles. The van der Waals surface area contributed by atoms with Gasteiger partial charge in [0.1, 0.15) is 5.92 Å². The maximum atomic E-state index is 13.2. The van der Waals surface area contributed by atoms with E-state index in [1.54, 1.807) is 6.92 Å². The Balaban J connectivity index is 1.92. The van der Waals surface area contributed by atoms with Gasteiger partial charge in [-0.2, -0.15) is 0 Å². The van der Waals surface area contributed by atoms with Gasteiger partial charge in [0.15, 0.2) is 5.78 Å². The molecule has 4 rings (SSSR count). The molecule has 4 heteroatoms. The van der Waals surface area contributed by atoms with Crippen molar-refractivity contribution in [2.75, 3.05) is 6.61 Å². The molecule has 0 spiro atoms. The van der Waals surface area contributed by atoms with E-state index in [2.05, 4.69) is 4.99 Å². The van der Waals surface area contributed by atoms with Gasteiger partial charge in [0.05, 0.1) is 12.3 Å². The van der Waals surface area contributed by atoms with E-state index in [1.807, 2.05) is 61.5 Å². The number of fused-ring (bicyclic) bond motifs is 2. The first-order valence-corrected chi connectivity index (χ1v) is 8.78. The molecule has 0 N–H and O–H groups in total. The summed E-state index contributed by atoms with van der Waals surface area (Å²) in [7, 11) is 0. The molecule has 0 saturated carbocycles. The highest BCUT2D eigenvalue weighted by Gasteiger charge is 2.45. The van der Waals surface area contributed by atoms with Crippen molar-refractivity contribution in [1.29, 1.82) is 0 Å². The van der Waals surface area contributed by atoms with Crippen molar-refractivity contribution in [1.82, 2.24) is 0 Å². The number of rotatable bonds is 3. The molecule has 1 aliphatic heterocycles. The molecule has 4 nitrogen and oxygen atoms in total. The summed E-state index contributed by atoms with van der Waals surface area (Å²) in [5.74, 6) is -1.36. The third-order valence-corrected chi connectivity index (χ3v) is 5.01. The van der Waals surface area contributed by atoms with Crippen LogP contribution in [-0.2, 0) is 9.53 Å². The average Bonchev–Trinajstić information content (AvgIpc) is 2.94. The molecular formula is C22H19NO3. The van der Waals surface area contributed by atoms with E-state index in [9.17, 15) is 9.59 Å². The van der Waals surface area contributed by atoms with Crippen molar-refractivity contribution < 1.29 is 14.3 Å². The second-order valence-electron chi connectivity index (χ2n) is 6.51. The van der Waals surface area contributed by atoms with Gasteiger partial charge in [0, 0.05) is 28.3 Å². The van der Waals surface area contributed by atoms with Crippen molar-refractivity contribution in [2.24, 2.45) is 10.9 Å². The van der Waals surface area contributed by atoms with Crippen LogP contribution in [0.2, 0.25) is 0 Å². The van der Waals surface area contributed by atoms with Gasteiger partial charge in [-0.1, -0.05) is 54.6 Å². The van der Waals surface area contributed by atoms with Gasteiger partial charge in [0.2, 0.25) is 0 Å². The van der Waals surface area contributed by atoms with Gasteiger partial charge in [-0.05, 0) is 19.4 Å². The number of ketones is 1. The number of ether oxygens (including phenoxy) is 1. The number of nitrogens with zero attached hydrogens (tertiary/aromatic N) is 1. The number of Topliss-reactive ketones (excluding diaryl/α,β-unsaturated/α-hetero) is 1. The first kappa shape index (κ1) is 16.5. The summed E-state index contributed by atoms with van der Waals surface area (Å²) in [6, 6.07) is 17.2. The molecule has 2 aliphatic rings. The maximum Gasteiger partial charge on any atom is 0.315 e. The zero-order valence-electron chi connectivity index (χ0n) is 14.7. The monoisotopic (exact) mass is 345 g/mol. The van der Waals surface area contributed by atoms with Crippen LogP contribution in [0.15, 0.2) is 65.2 Å². The van der Waals surface area contributed by atoms with Gasteiger partial charge in [-0.3, -0.25) is 14.6 Å². The number of hydrogen-bond donors (Lipinski definition) is 0. The molecule has 0 amide bonds. The molecule has 1 heterocycles. The third-order valence-electron chi connectivity index (χ3n) is 5.01. The molecule has 0 fully saturated rings. The third kappa shape index (κ3) is 2.41. The summed E-state index contributed by atoms with van der Waals surface area (Å²) in [5.41, 5.74) is 4.39. The van der Waals surface area contributed by atoms with Crippen LogP contribution in [0, 0.1) is 5.92 Å². The Morgan fingerprint density at radius 2 is 1.69 bits per heavy atom. The van der Waals surface area contributed by atoms with E-state index in [4.69, 9.17) is 4.74 Å². The highest BCUT2D eigenvalue weighted by Crippen LogP contribution is 2.47. The molecule has 0 aromatic heterocycles. The fourth-order valence-electron chi connectivity index (χ4n) is 3.91. The van der Waals surface area contributed by atoms with E-state index in [-0.39, 0.29) is 17.7 Å². The Morgan fingerprint density at radius 1 is 1.04 bits per heavy atom. The summed E-state index contributed by atoms with van der Waals surface area (Å²) in [6.07, 6.45) is 0. The number of carbonyl (C=O) groups is 2. The van der Waals surface area contributed by atoms with E-state index < -0.39 is 5.92 Å². The summed E-state index contributed by atoms with van der Waals surface area (Å²) in [5, 5.41) is 0. The predicted molar refractivity (Wildman–Crippen MR) is 100 cm³/mol. The second kappa shape index (κ2) is 6.37. The molecule has 1 unspecified atom stereocenters. The normalized spacial score (nSPS) is 21.2. The number of hydrogen-bond acceptors (Lipinski definition) is 4. The van der Waals surface area contributed by atoms with Gasteiger partial charge in [-0.15, -0.1) is 0 Å². The largest absolute Gasteiger partial charge is 0.465 e. The minimum atomic E-state index is -0.589. The topological polar surface area (TPSA) is 55.7 Å². The van der Waals surface area contributed by atoms with Gasteiger partial charge in [-0.25, -0.2) is 0 Å². The molecule has 130 valence electrons. The number of aliphatic imine (C=N–C) groups is 1. The minimum absolute atomic E-state index is 0.0463. The van der Waals surface area contributed by atoms with Crippen molar-refractivity contribution in [3.63, 3.8) is 0 Å². The molecule has 0 radical (unpaired) electrons. The molecule has 0 saturated heterocycles. The summed E-state index contributed by atoms with van der Waals surface area (Å²) in [6.45, 7) is 3.92. The zero-order chi connectivity index (χ0) is 18.3. The van der Waals surface area contributed by atoms with Crippen LogP contribution in [0.5, 0.6) is 0 Å². The molecule has 26 heavy (non-hydrogen) atoms. The fraction of sp³-hybridized carbons (Fsp3) is 0.227. The van der Waals surface area contributed by atoms with E-state index in [0.29, 0.717) is 29.2 Å². The zero-order valence-corrected chi connectivity index (χ0v) is 14.7. The van der Waals surface area contributed by atoms with Crippen LogP contribution < -0.4 is 0 Å². The van der Waals surface area contributed by atoms with Crippen LogP contribution in [0.3, 0.4) is 0 Å². The lowest BCUT2D eigenvalue weighted by atomic mass is 9.75. The van der Waals surface area contributed by atoms with Crippen molar-refractivity contribution in [3.05, 3.63) is 76.9 Å². The molecule has 2 atom stereocenters. The van der Waals surface area contributed by atoms with Crippen molar-refractivity contribution >= 4 is 23.2 Å². The number of benzene rings is 2. The van der Waals surface area contributed by atoms with E-state index in [1.165, 1.54) is 0 Å². The SMILES string of the molecule is CCOC(=O)C1C(C)=NC2=C(C(=O)c3ccccc32)[C@H]1c1ccccc1. The molecule has 1 aliphatic carbocycles. The Bertz CT molecular complexity index is 956. The number of esters is 1. The van der Waals surface area contributed by atoms with Crippen LogP contribution in [0.25, 0.3) is 5.70 Å². The van der Waals surface area contributed by atoms with Gasteiger partial charge in [0.25, 0.3) is 0 Å². The quantitative estimate of drug-likeness (QED) is 0.789. The minimum Gasteiger partial charge on any atom is -0.465 e. The lowest BCUT2D eigenvalue weighted by Crippen LogP contribution is -2.35. The highest BCUT2D eigenvalue weighted by molar-refractivity contribution is 6.24. The van der Waals surface area contributed by atoms with Crippen LogP contribution >= 0.6 is 0 Å². The Kier molecular flexibility index (Phi) is 4.03. The molecule has 0 bridgehead atoms. The average molecular weight is 345 g/mol. The summed E-state index contributed by atoms with van der Waals surface area (Å²) in [4.78, 5) is 30.6. The van der Waals surface area contributed by atoms with Crippen LogP contribution in [0.4, 0.5) is 0 Å². The molecule has 2 aromatic rings. The summed E-state index contributed by atoms with van der Waals surface area (Å²) < 4.78 is 5.31. The Labute approximate surface area is 152 Å². The number of allylic oxidation sites excluding steroid dienone is 1. The van der Waals surface area contributed by atoms with Crippen molar-refractivity contribution in [3.8, 4) is 0 Å². The first-order chi connectivity index (χ1) is 12.6. The van der Waals surface area contributed by atoms with Crippen LogP contribution in [-0.4, -0.2) is 24.1 Å². The Morgan fingerprint density at radius 3 is 2.38 bits per heavy atom.